The van der Waals surface area contributed by atoms with Crippen LogP contribution in [0.25, 0.3) is 0 Å². The summed E-state index contributed by atoms with van der Waals surface area (Å²) < 4.78 is 5.10. The van der Waals surface area contributed by atoms with E-state index in [-0.39, 0.29) is 11.4 Å². The van der Waals surface area contributed by atoms with Crippen molar-refractivity contribution in [3.63, 3.8) is 0 Å². The minimum Gasteiger partial charge on any atom is -0.465 e. The summed E-state index contributed by atoms with van der Waals surface area (Å²) in [5.41, 5.74) is -0.174. The number of cyclic esters (lactones) is 1. The molecule has 0 aliphatic carbocycles. The molecule has 2 unspecified atom stereocenters. The number of ether oxygens (including phenoxy) is 1. The summed E-state index contributed by atoms with van der Waals surface area (Å²) in [4.78, 5) is 13.9. The molecule has 74 valence electrons. The van der Waals surface area contributed by atoms with Crippen molar-refractivity contribution >= 4 is 5.97 Å². The average Bonchev–Trinajstić information content (AvgIpc) is 2.45. The average molecular weight is 183 g/mol. The van der Waals surface area contributed by atoms with Crippen LogP contribution in [0, 0.1) is 5.41 Å². The lowest BCUT2D eigenvalue weighted by Crippen LogP contribution is -2.51. The standard InChI is InChI=1S/C10H17NO2/c1-8-10(4-3-6-11(8)2)5-7-13-9(10)12/h8H,3-7H2,1-2H3. The van der Waals surface area contributed by atoms with Gasteiger partial charge in [0.15, 0.2) is 0 Å². The molecular weight excluding hydrogens is 166 g/mol. The molecule has 0 radical (unpaired) electrons. The maximum absolute atomic E-state index is 11.7. The lowest BCUT2D eigenvalue weighted by molar-refractivity contribution is -0.151. The van der Waals surface area contributed by atoms with E-state index in [2.05, 4.69) is 18.9 Å². The van der Waals surface area contributed by atoms with Crippen molar-refractivity contribution in [2.24, 2.45) is 5.41 Å². The van der Waals surface area contributed by atoms with E-state index < -0.39 is 0 Å². The van der Waals surface area contributed by atoms with Gasteiger partial charge in [-0.15, -0.1) is 0 Å². The Hall–Kier alpha value is -0.570. The van der Waals surface area contributed by atoms with E-state index in [0.717, 1.165) is 25.8 Å². The summed E-state index contributed by atoms with van der Waals surface area (Å²) in [5.74, 6) is 0.0338. The number of nitrogens with zero attached hydrogens (tertiary/aromatic N) is 1. The Morgan fingerprint density at radius 3 is 2.92 bits per heavy atom. The van der Waals surface area contributed by atoms with Crippen molar-refractivity contribution in [1.29, 1.82) is 0 Å². The van der Waals surface area contributed by atoms with Crippen molar-refractivity contribution in [1.82, 2.24) is 4.90 Å². The highest BCUT2D eigenvalue weighted by Gasteiger charge is 2.51. The topological polar surface area (TPSA) is 29.5 Å². The number of esters is 1. The van der Waals surface area contributed by atoms with Crippen molar-refractivity contribution < 1.29 is 9.53 Å². The summed E-state index contributed by atoms with van der Waals surface area (Å²) in [7, 11) is 2.09. The van der Waals surface area contributed by atoms with Gasteiger partial charge in [0.25, 0.3) is 0 Å². The molecule has 0 aromatic carbocycles. The van der Waals surface area contributed by atoms with Crippen LogP contribution in [0.2, 0.25) is 0 Å². The molecule has 2 rings (SSSR count). The first-order chi connectivity index (χ1) is 6.17. The molecule has 0 aromatic heterocycles. The first-order valence-electron chi connectivity index (χ1n) is 5.04. The van der Waals surface area contributed by atoms with Crippen molar-refractivity contribution in [2.45, 2.75) is 32.2 Å². The number of rotatable bonds is 0. The smallest absolute Gasteiger partial charge is 0.313 e. The Labute approximate surface area is 79.0 Å². The quantitative estimate of drug-likeness (QED) is 0.525. The van der Waals surface area contributed by atoms with E-state index in [1.54, 1.807) is 0 Å². The van der Waals surface area contributed by atoms with Gasteiger partial charge in [0.2, 0.25) is 0 Å². The van der Waals surface area contributed by atoms with E-state index in [0.29, 0.717) is 12.6 Å². The predicted octanol–water partition coefficient (Wildman–Crippen LogP) is 1.03. The Balaban J connectivity index is 2.24. The van der Waals surface area contributed by atoms with Crippen LogP contribution in [0.5, 0.6) is 0 Å². The maximum Gasteiger partial charge on any atom is 0.313 e. The van der Waals surface area contributed by atoms with Crippen molar-refractivity contribution in [3.8, 4) is 0 Å². The highest BCUT2D eigenvalue weighted by Crippen LogP contribution is 2.42. The zero-order valence-electron chi connectivity index (χ0n) is 8.38. The Kier molecular flexibility index (Phi) is 2.06. The molecule has 0 bridgehead atoms. The van der Waals surface area contributed by atoms with Crippen LogP contribution >= 0.6 is 0 Å². The molecule has 0 N–H and O–H groups in total. The first-order valence-corrected chi connectivity index (χ1v) is 5.04. The van der Waals surface area contributed by atoms with Crippen LogP contribution in [-0.4, -0.2) is 37.1 Å². The summed E-state index contributed by atoms with van der Waals surface area (Å²) in [6.07, 6.45) is 3.05. The Morgan fingerprint density at radius 2 is 2.31 bits per heavy atom. The van der Waals surface area contributed by atoms with Crippen molar-refractivity contribution in [2.75, 3.05) is 20.2 Å². The SMILES string of the molecule is CC1N(C)CCCC12CCOC2=O. The molecule has 2 aliphatic rings. The minimum atomic E-state index is -0.174. The third-order valence-corrected chi connectivity index (χ3v) is 3.78. The van der Waals surface area contributed by atoms with Gasteiger partial charge in [0.1, 0.15) is 0 Å². The van der Waals surface area contributed by atoms with E-state index in [4.69, 9.17) is 4.74 Å². The summed E-state index contributed by atoms with van der Waals surface area (Å²) in [6, 6.07) is 0.344. The van der Waals surface area contributed by atoms with Gasteiger partial charge in [-0.2, -0.15) is 0 Å². The molecule has 3 nitrogen and oxygen atoms in total. The zero-order valence-corrected chi connectivity index (χ0v) is 8.38. The van der Waals surface area contributed by atoms with Crippen molar-refractivity contribution in [3.05, 3.63) is 0 Å². The van der Waals surface area contributed by atoms with Gasteiger partial charge in [-0.3, -0.25) is 4.79 Å². The molecule has 0 amide bonds. The van der Waals surface area contributed by atoms with Crippen LogP contribution in [0.15, 0.2) is 0 Å². The van der Waals surface area contributed by atoms with Gasteiger partial charge < -0.3 is 9.64 Å². The van der Waals surface area contributed by atoms with Crippen LogP contribution < -0.4 is 0 Å². The van der Waals surface area contributed by atoms with E-state index in [1.165, 1.54) is 0 Å². The van der Waals surface area contributed by atoms with Gasteiger partial charge in [0.05, 0.1) is 12.0 Å². The number of carbonyl (C=O) groups is 1. The minimum absolute atomic E-state index is 0.0338. The molecule has 0 saturated carbocycles. The Morgan fingerprint density at radius 1 is 1.54 bits per heavy atom. The fourth-order valence-corrected chi connectivity index (χ4v) is 2.65. The molecule has 2 saturated heterocycles. The number of likely N-dealkylation sites (tertiary alicyclic amines) is 1. The fourth-order valence-electron chi connectivity index (χ4n) is 2.65. The molecule has 1 spiro atoms. The Bertz CT molecular complexity index is 229. The fraction of sp³-hybridized carbons (Fsp3) is 0.900. The van der Waals surface area contributed by atoms with E-state index >= 15 is 0 Å². The highest BCUT2D eigenvalue weighted by molar-refractivity contribution is 5.79. The van der Waals surface area contributed by atoms with E-state index in [9.17, 15) is 4.79 Å². The van der Waals surface area contributed by atoms with Crippen LogP contribution in [-0.2, 0) is 9.53 Å². The van der Waals surface area contributed by atoms with Gasteiger partial charge in [-0.1, -0.05) is 0 Å². The summed E-state index contributed by atoms with van der Waals surface area (Å²) >= 11 is 0. The number of carbonyl (C=O) groups excluding carboxylic acids is 1. The normalized spacial score (nSPS) is 41.1. The first kappa shape index (κ1) is 9.00. The second-order valence-corrected chi connectivity index (χ2v) is 4.30. The van der Waals surface area contributed by atoms with Crippen LogP contribution in [0.4, 0.5) is 0 Å². The number of hydrogen-bond acceptors (Lipinski definition) is 3. The van der Waals surface area contributed by atoms with Gasteiger partial charge in [-0.05, 0) is 39.8 Å². The highest BCUT2D eigenvalue weighted by atomic mass is 16.5. The lowest BCUT2D eigenvalue weighted by Gasteiger charge is -2.42. The molecular formula is C10H17NO2. The van der Waals surface area contributed by atoms with Gasteiger partial charge in [0, 0.05) is 6.04 Å². The van der Waals surface area contributed by atoms with Gasteiger partial charge >= 0.3 is 5.97 Å². The predicted molar refractivity (Wildman–Crippen MR) is 49.3 cm³/mol. The second-order valence-electron chi connectivity index (χ2n) is 4.30. The van der Waals surface area contributed by atoms with Gasteiger partial charge in [-0.25, -0.2) is 0 Å². The van der Waals surface area contributed by atoms with E-state index in [1.807, 2.05) is 0 Å². The molecule has 13 heavy (non-hydrogen) atoms. The van der Waals surface area contributed by atoms with Crippen LogP contribution in [0.3, 0.4) is 0 Å². The number of piperidine rings is 1. The number of hydrogen-bond donors (Lipinski definition) is 0. The lowest BCUT2D eigenvalue weighted by atomic mass is 9.73. The monoisotopic (exact) mass is 183 g/mol. The maximum atomic E-state index is 11.7. The zero-order chi connectivity index (χ0) is 9.47. The largest absolute Gasteiger partial charge is 0.465 e. The molecule has 2 atom stereocenters. The summed E-state index contributed by atoms with van der Waals surface area (Å²) in [6.45, 7) is 3.87. The second kappa shape index (κ2) is 2.98. The third kappa shape index (κ3) is 1.17. The molecule has 2 aliphatic heterocycles. The molecule has 2 fully saturated rings. The van der Waals surface area contributed by atoms with Crippen LogP contribution in [0.1, 0.15) is 26.2 Å². The molecule has 3 heteroatoms. The third-order valence-electron chi connectivity index (χ3n) is 3.78. The molecule has 0 aromatic rings. The summed E-state index contributed by atoms with van der Waals surface area (Å²) in [5, 5.41) is 0. The molecule has 2 heterocycles.